The lowest BCUT2D eigenvalue weighted by Crippen LogP contribution is -2.28. The summed E-state index contributed by atoms with van der Waals surface area (Å²) in [5.41, 5.74) is 2.98. The first-order chi connectivity index (χ1) is 11.8. The van der Waals surface area contributed by atoms with Crippen molar-refractivity contribution in [3.63, 3.8) is 0 Å². The third-order valence-electron chi connectivity index (χ3n) is 4.29. The second-order valence-electron chi connectivity index (χ2n) is 5.99. The smallest absolute Gasteiger partial charge is 0.0841 e. The number of nitrogens with one attached hydrogen (secondary N) is 1. The van der Waals surface area contributed by atoms with Gasteiger partial charge in [-0.05, 0) is 65.4 Å². The number of aromatic nitrogens is 4. The van der Waals surface area contributed by atoms with Gasteiger partial charge in [0.05, 0.1) is 10.1 Å². The van der Waals surface area contributed by atoms with Crippen LogP contribution in [0.3, 0.4) is 0 Å². The number of fused-ring (bicyclic) bond motifs is 1. The van der Waals surface area contributed by atoms with Crippen molar-refractivity contribution in [1.29, 1.82) is 0 Å². The molecule has 0 bridgehead atoms. The van der Waals surface area contributed by atoms with Crippen LogP contribution in [-0.4, -0.2) is 32.7 Å². The molecule has 24 heavy (non-hydrogen) atoms. The molecule has 3 aromatic heterocycles. The van der Waals surface area contributed by atoms with Crippen LogP contribution in [0.25, 0.3) is 11.0 Å². The lowest BCUT2D eigenvalue weighted by Gasteiger charge is -2.25. The number of hydrogen-bond donors (Lipinski definition) is 1. The van der Waals surface area contributed by atoms with Crippen LogP contribution in [0.2, 0.25) is 0 Å². The van der Waals surface area contributed by atoms with E-state index in [4.69, 9.17) is 10.3 Å². The van der Waals surface area contributed by atoms with E-state index in [9.17, 15) is 0 Å². The van der Waals surface area contributed by atoms with Crippen LogP contribution in [0.15, 0.2) is 41.3 Å². The molecule has 6 nitrogen and oxygen atoms in total. The Morgan fingerprint density at radius 1 is 1.38 bits per heavy atom. The maximum absolute atomic E-state index is 4.82. The van der Waals surface area contributed by atoms with Crippen molar-refractivity contribution >= 4 is 27.4 Å². The van der Waals surface area contributed by atoms with E-state index in [0.29, 0.717) is 12.5 Å². The lowest BCUT2D eigenvalue weighted by atomic mass is 9.96. The molecule has 1 N–H and O–H groups in total. The number of piperidine rings is 1. The van der Waals surface area contributed by atoms with Gasteiger partial charge in [0.1, 0.15) is 0 Å². The summed E-state index contributed by atoms with van der Waals surface area (Å²) in [6.45, 7) is 2.64. The van der Waals surface area contributed by atoms with Gasteiger partial charge in [-0.15, -0.1) is 0 Å². The Morgan fingerprint density at radius 2 is 2.33 bits per heavy atom. The van der Waals surface area contributed by atoms with Crippen LogP contribution >= 0.6 is 15.9 Å². The summed E-state index contributed by atoms with van der Waals surface area (Å²) in [5.74, 6) is 1.26. The first-order valence-corrected chi connectivity index (χ1v) is 8.92. The van der Waals surface area contributed by atoms with Gasteiger partial charge < -0.3 is 15.1 Å². The van der Waals surface area contributed by atoms with Crippen LogP contribution in [0.1, 0.15) is 30.0 Å². The fourth-order valence-electron chi connectivity index (χ4n) is 3.03. The fourth-order valence-corrected chi connectivity index (χ4v) is 3.38. The Kier molecular flexibility index (Phi) is 4.44. The minimum atomic E-state index is 0.429. The van der Waals surface area contributed by atoms with Gasteiger partial charge in [-0.1, -0.05) is 6.07 Å². The second kappa shape index (κ2) is 6.86. The van der Waals surface area contributed by atoms with Crippen LogP contribution in [0.4, 0.5) is 5.82 Å². The molecule has 124 valence electrons. The number of pyridine rings is 1. The highest BCUT2D eigenvalue weighted by atomic mass is 79.9. The van der Waals surface area contributed by atoms with Crippen molar-refractivity contribution in [2.75, 3.05) is 13.1 Å². The maximum Gasteiger partial charge on any atom is 0.0841 e. The van der Waals surface area contributed by atoms with E-state index in [0.717, 1.165) is 46.7 Å². The van der Waals surface area contributed by atoms with E-state index in [1.165, 1.54) is 6.42 Å². The van der Waals surface area contributed by atoms with Gasteiger partial charge in [-0.25, -0.2) is 0 Å². The number of rotatable bonds is 4. The third kappa shape index (κ3) is 3.14. The van der Waals surface area contributed by atoms with Crippen molar-refractivity contribution in [1.82, 2.24) is 24.9 Å². The monoisotopic (exact) mass is 385 g/mol. The minimum absolute atomic E-state index is 0.429. The van der Waals surface area contributed by atoms with Gasteiger partial charge in [-0.2, -0.15) is 0 Å². The van der Waals surface area contributed by atoms with Crippen LogP contribution in [0, 0.1) is 0 Å². The van der Waals surface area contributed by atoms with Gasteiger partial charge in [-0.3, -0.25) is 15.1 Å². The predicted molar refractivity (Wildman–Crippen MR) is 96.5 cm³/mol. The SMILES string of the molecule is Brc1cnn2c([N-]Cc3cccnc3)cc(C3CCCNC3)nc12. The Bertz CT molecular complexity index is 826. The zero-order valence-corrected chi connectivity index (χ0v) is 14.8. The topological polar surface area (TPSA) is 69.2 Å². The van der Waals surface area contributed by atoms with Crippen molar-refractivity contribution in [2.24, 2.45) is 0 Å². The summed E-state index contributed by atoms with van der Waals surface area (Å²) in [4.78, 5) is 8.96. The standard InChI is InChI=1S/C17H18BrN6/c18-14-11-22-24-16(21-9-12-3-1-5-19-8-12)7-15(23-17(14)24)13-4-2-6-20-10-13/h1,3,5,7-8,11,13,20H,2,4,6,9-10H2/q-1. The summed E-state index contributed by atoms with van der Waals surface area (Å²) in [6, 6.07) is 6.02. The molecule has 1 aliphatic heterocycles. The first kappa shape index (κ1) is 15.5. The molecule has 0 aromatic carbocycles. The van der Waals surface area contributed by atoms with Crippen molar-refractivity contribution in [2.45, 2.75) is 25.3 Å². The first-order valence-electron chi connectivity index (χ1n) is 8.12. The van der Waals surface area contributed by atoms with Crippen LogP contribution in [0.5, 0.6) is 0 Å². The molecule has 0 radical (unpaired) electrons. The molecule has 1 aliphatic rings. The zero-order valence-electron chi connectivity index (χ0n) is 13.2. The molecular weight excluding hydrogens is 368 g/mol. The number of nitrogens with zero attached hydrogens (tertiary/aromatic N) is 5. The molecule has 7 heteroatoms. The molecule has 0 spiro atoms. The van der Waals surface area contributed by atoms with Gasteiger partial charge in [0.25, 0.3) is 0 Å². The van der Waals surface area contributed by atoms with Crippen molar-refractivity contribution in [3.05, 3.63) is 57.8 Å². The van der Waals surface area contributed by atoms with E-state index < -0.39 is 0 Å². The average Bonchev–Trinajstić information content (AvgIpc) is 3.02. The quantitative estimate of drug-likeness (QED) is 0.745. The van der Waals surface area contributed by atoms with Crippen molar-refractivity contribution < 1.29 is 0 Å². The lowest BCUT2D eigenvalue weighted by molar-refractivity contribution is 0.455. The molecule has 4 rings (SSSR count). The minimum Gasteiger partial charge on any atom is -0.459 e. The Balaban J connectivity index is 1.67. The number of hydrogen-bond acceptors (Lipinski definition) is 4. The van der Waals surface area contributed by atoms with Crippen LogP contribution < -0.4 is 5.32 Å². The molecule has 0 aliphatic carbocycles. The molecule has 1 fully saturated rings. The van der Waals surface area contributed by atoms with E-state index in [1.54, 1.807) is 16.9 Å². The highest BCUT2D eigenvalue weighted by Gasteiger charge is 2.17. The molecule has 0 amide bonds. The highest BCUT2D eigenvalue weighted by Crippen LogP contribution is 2.30. The molecule has 1 atom stereocenters. The molecule has 0 saturated carbocycles. The molecular formula is C17H18BrN6-. The zero-order chi connectivity index (χ0) is 16.4. The normalized spacial score (nSPS) is 18.0. The van der Waals surface area contributed by atoms with Gasteiger partial charge in [0, 0.05) is 36.7 Å². The molecule has 3 aromatic rings. The number of halogens is 1. The summed E-state index contributed by atoms with van der Waals surface area (Å²) in [6.07, 6.45) is 7.72. The summed E-state index contributed by atoms with van der Waals surface area (Å²) in [7, 11) is 0. The summed E-state index contributed by atoms with van der Waals surface area (Å²) < 4.78 is 2.69. The Hall–Kier alpha value is -1.99. The highest BCUT2D eigenvalue weighted by molar-refractivity contribution is 9.10. The molecule has 1 unspecified atom stereocenters. The molecule has 4 heterocycles. The molecule has 1 saturated heterocycles. The average molecular weight is 386 g/mol. The Morgan fingerprint density at radius 3 is 3.12 bits per heavy atom. The third-order valence-corrected chi connectivity index (χ3v) is 4.85. The van der Waals surface area contributed by atoms with Crippen LogP contribution in [-0.2, 0) is 6.54 Å². The van der Waals surface area contributed by atoms with Gasteiger partial charge >= 0.3 is 0 Å². The second-order valence-corrected chi connectivity index (χ2v) is 6.84. The Labute approximate surface area is 148 Å². The van der Waals surface area contributed by atoms with E-state index in [-0.39, 0.29) is 0 Å². The summed E-state index contributed by atoms with van der Waals surface area (Å²) >= 11 is 3.54. The summed E-state index contributed by atoms with van der Waals surface area (Å²) in [5, 5.41) is 12.6. The van der Waals surface area contributed by atoms with Crippen molar-refractivity contribution in [3.8, 4) is 0 Å². The maximum atomic E-state index is 4.82. The van der Waals surface area contributed by atoms with Gasteiger partial charge in [0.2, 0.25) is 0 Å². The predicted octanol–water partition coefficient (Wildman–Crippen LogP) is 3.56. The van der Waals surface area contributed by atoms with E-state index in [2.05, 4.69) is 37.4 Å². The fraction of sp³-hybridized carbons (Fsp3) is 0.353. The van der Waals surface area contributed by atoms with E-state index in [1.807, 2.05) is 18.3 Å². The van der Waals surface area contributed by atoms with E-state index >= 15 is 0 Å². The largest absolute Gasteiger partial charge is 0.459 e. The van der Waals surface area contributed by atoms with Gasteiger partial charge in [0.15, 0.2) is 0 Å².